The number of aldehydes is 1. The fourth-order valence-electron chi connectivity index (χ4n) is 3.55. The Balaban J connectivity index is 1.82. The first-order valence-corrected chi connectivity index (χ1v) is 11.1. The number of hydrogen-bond acceptors (Lipinski definition) is 3. The molecule has 0 radical (unpaired) electrons. The van der Waals surface area contributed by atoms with E-state index in [-0.39, 0.29) is 23.8 Å². The average Bonchev–Trinajstić information content (AvgIpc) is 3.25. The molecule has 2 atom stereocenters. The van der Waals surface area contributed by atoms with Gasteiger partial charge in [0.25, 0.3) is 5.91 Å². The first-order valence-electron chi connectivity index (χ1n) is 9.45. The molecule has 1 amide bonds. The minimum Gasteiger partial charge on any atom is -0.384 e. The number of hydrogen-bond donors (Lipinski definition) is 2. The second-order valence-corrected chi connectivity index (χ2v) is 9.53. The summed E-state index contributed by atoms with van der Waals surface area (Å²) in [5.41, 5.74) is -1.38. The summed E-state index contributed by atoms with van der Waals surface area (Å²) in [6.07, 6.45) is 1.01. The topological polar surface area (TPSA) is 58.2 Å². The summed E-state index contributed by atoms with van der Waals surface area (Å²) in [4.78, 5) is 24.2. The van der Waals surface area contributed by atoms with Crippen molar-refractivity contribution in [2.75, 3.05) is 24.3 Å². The van der Waals surface area contributed by atoms with Crippen LogP contribution >= 0.6 is 46.4 Å². The standard InChI is InChI=1S/C21H17Cl4F3N2O2/c22-4-1-5-29-19(32)13-7-12(8-16(27)17(13)28)30-9-20(10-31)18(21(20,24)25)11-2-3-15(26)14(23)6-11/h2-3,6-8,10,18,30H,1,4-5,9H2,(H,29,32). The predicted octanol–water partition coefficient (Wildman–Crippen LogP) is 5.68. The van der Waals surface area contributed by atoms with Crippen LogP contribution in [0.25, 0.3) is 0 Å². The van der Waals surface area contributed by atoms with Crippen molar-refractivity contribution in [3.05, 3.63) is 63.9 Å². The molecule has 2 aromatic rings. The van der Waals surface area contributed by atoms with Gasteiger partial charge in [0.2, 0.25) is 0 Å². The highest BCUT2D eigenvalue weighted by molar-refractivity contribution is 6.54. The van der Waals surface area contributed by atoms with Gasteiger partial charge in [0.1, 0.15) is 16.4 Å². The number of carbonyl (C=O) groups excluding carboxylic acids is 2. The quantitative estimate of drug-likeness (QED) is 0.250. The third-order valence-electron chi connectivity index (χ3n) is 5.36. The van der Waals surface area contributed by atoms with Crippen molar-refractivity contribution in [3.8, 4) is 0 Å². The van der Waals surface area contributed by atoms with E-state index >= 15 is 0 Å². The molecule has 11 heteroatoms. The Bertz CT molecular complexity index is 1050. The van der Waals surface area contributed by atoms with Crippen LogP contribution in [0.4, 0.5) is 18.9 Å². The molecule has 0 saturated heterocycles. The van der Waals surface area contributed by atoms with Gasteiger partial charge < -0.3 is 15.4 Å². The van der Waals surface area contributed by atoms with E-state index in [1.165, 1.54) is 12.1 Å². The number of benzene rings is 2. The van der Waals surface area contributed by atoms with Crippen molar-refractivity contribution in [2.24, 2.45) is 5.41 Å². The molecule has 32 heavy (non-hydrogen) atoms. The van der Waals surface area contributed by atoms with E-state index < -0.39 is 44.6 Å². The number of rotatable bonds is 9. The summed E-state index contributed by atoms with van der Waals surface area (Å²) < 4.78 is 40.2. The smallest absolute Gasteiger partial charge is 0.254 e. The molecule has 3 rings (SSSR count). The fraction of sp³-hybridized carbons (Fsp3) is 0.333. The normalized spacial score (nSPS) is 21.2. The second kappa shape index (κ2) is 9.67. The summed E-state index contributed by atoms with van der Waals surface area (Å²) in [7, 11) is 0. The lowest BCUT2D eigenvalue weighted by atomic mass is 10.00. The van der Waals surface area contributed by atoms with Crippen LogP contribution in [-0.4, -0.2) is 35.5 Å². The van der Waals surface area contributed by atoms with Gasteiger partial charge in [0.15, 0.2) is 11.6 Å². The van der Waals surface area contributed by atoms with Crippen LogP contribution in [0.2, 0.25) is 5.02 Å². The third kappa shape index (κ3) is 4.53. The molecular weight excluding hydrogens is 511 g/mol. The zero-order valence-corrected chi connectivity index (χ0v) is 19.4. The molecule has 0 heterocycles. The highest BCUT2D eigenvalue weighted by atomic mass is 35.5. The van der Waals surface area contributed by atoms with E-state index in [9.17, 15) is 22.8 Å². The van der Waals surface area contributed by atoms with Crippen LogP contribution < -0.4 is 10.6 Å². The third-order valence-corrected chi connectivity index (χ3v) is 7.05. The van der Waals surface area contributed by atoms with Crippen molar-refractivity contribution in [1.82, 2.24) is 5.32 Å². The molecule has 1 saturated carbocycles. The predicted molar refractivity (Wildman–Crippen MR) is 120 cm³/mol. The van der Waals surface area contributed by atoms with Crippen LogP contribution in [0, 0.1) is 22.9 Å². The van der Waals surface area contributed by atoms with Gasteiger partial charge in [-0.25, -0.2) is 13.2 Å². The molecule has 1 fully saturated rings. The first kappa shape index (κ1) is 25.0. The number of nitrogens with one attached hydrogen (secondary N) is 2. The number of alkyl halides is 3. The maximum atomic E-state index is 14.1. The Hall–Kier alpha value is -1.67. The van der Waals surface area contributed by atoms with E-state index in [2.05, 4.69) is 10.6 Å². The highest BCUT2D eigenvalue weighted by Crippen LogP contribution is 2.73. The molecule has 0 bridgehead atoms. The van der Waals surface area contributed by atoms with Gasteiger partial charge in [-0.05, 0) is 30.2 Å². The summed E-state index contributed by atoms with van der Waals surface area (Å²) in [5, 5.41) is 5.08. The minimum atomic E-state index is -1.55. The van der Waals surface area contributed by atoms with Gasteiger partial charge in [0.05, 0.1) is 16.0 Å². The Kier molecular flexibility index (Phi) is 7.55. The molecule has 1 aliphatic rings. The van der Waals surface area contributed by atoms with Crippen LogP contribution in [0.5, 0.6) is 0 Å². The van der Waals surface area contributed by atoms with Gasteiger partial charge in [-0.3, -0.25) is 4.79 Å². The Labute approximate surface area is 202 Å². The van der Waals surface area contributed by atoms with Crippen molar-refractivity contribution in [3.63, 3.8) is 0 Å². The molecule has 172 valence electrons. The van der Waals surface area contributed by atoms with Crippen molar-refractivity contribution in [2.45, 2.75) is 16.7 Å². The van der Waals surface area contributed by atoms with Gasteiger partial charge >= 0.3 is 0 Å². The maximum Gasteiger partial charge on any atom is 0.254 e. The van der Waals surface area contributed by atoms with E-state index in [4.69, 9.17) is 46.4 Å². The molecular formula is C21H17Cl4F3N2O2. The van der Waals surface area contributed by atoms with Crippen molar-refractivity contribution < 1.29 is 22.8 Å². The van der Waals surface area contributed by atoms with Crippen LogP contribution in [0.15, 0.2) is 30.3 Å². The SMILES string of the molecule is O=CC1(CNc2cc(F)c(F)c(C(=O)NCCCCl)c2)C(c2ccc(F)c(Cl)c2)C1(Cl)Cl. The first-order chi connectivity index (χ1) is 15.1. The van der Waals surface area contributed by atoms with E-state index in [1.54, 1.807) is 0 Å². The van der Waals surface area contributed by atoms with Crippen molar-refractivity contribution in [1.29, 1.82) is 0 Å². The maximum absolute atomic E-state index is 14.1. The lowest BCUT2D eigenvalue weighted by Crippen LogP contribution is -2.27. The zero-order chi connectivity index (χ0) is 23.7. The van der Waals surface area contributed by atoms with Crippen LogP contribution in [0.1, 0.15) is 28.3 Å². The average molecular weight is 528 g/mol. The van der Waals surface area contributed by atoms with Gasteiger partial charge in [-0.1, -0.05) is 40.9 Å². The largest absolute Gasteiger partial charge is 0.384 e. The number of halogens is 7. The summed E-state index contributed by atoms with van der Waals surface area (Å²) in [6.45, 7) is 0.0275. The van der Waals surface area contributed by atoms with Gasteiger partial charge in [-0.15, -0.1) is 11.6 Å². The minimum absolute atomic E-state index is 0.0412. The lowest BCUT2D eigenvalue weighted by Gasteiger charge is -2.15. The monoisotopic (exact) mass is 526 g/mol. The molecule has 0 aromatic heterocycles. The molecule has 0 aliphatic heterocycles. The van der Waals surface area contributed by atoms with E-state index in [1.807, 2.05) is 0 Å². The number of anilines is 1. The Morgan fingerprint density at radius 3 is 2.47 bits per heavy atom. The second-order valence-electron chi connectivity index (χ2n) is 7.36. The molecule has 0 spiro atoms. The molecule has 1 aliphatic carbocycles. The highest BCUT2D eigenvalue weighted by Gasteiger charge is 2.76. The number of amides is 1. The molecule has 2 unspecified atom stereocenters. The molecule has 4 nitrogen and oxygen atoms in total. The summed E-state index contributed by atoms with van der Waals surface area (Å²) in [6, 6.07) is 5.83. The summed E-state index contributed by atoms with van der Waals surface area (Å²) in [5.74, 6) is -4.44. The van der Waals surface area contributed by atoms with E-state index in [0.29, 0.717) is 24.2 Å². The lowest BCUT2D eigenvalue weighted by molar-refractivity contribution is -0.112. The van der Waals surface area contributed by atoms with Crippen LogP contribution in [-0.2, 0) is 4.79 Å². The zero-order valence-electron chi connectivity index (χ0n) is 16.3. The van der Waals surface area contributed by atoms with Crippen molar-refractivity contribution >= 4 is 64.3 Å². The van der Waals surface area contributed by atoms with Gasteiger partial charge in [0, 0.05) is 36.6 Å². The number of carbonyl (C=O) groups is 2. The van der Waals surface area contributed by atoms with Gasteiger partial charge in [-0.2, -0.15) is 0 Å². The fourth-order valence-corrected chi connectivity index (χ4v) is 4.85. The Morgan fingerprint density at radius 1 is 1.12 bits per heavy atom. The summed E-state index contributed by atoms with van der Waals surface area (Å²) >= 11 is 24.1. The molecule has 2 aromatic carbocycles. The van der Waals surface area contributed by atoms with E-state index in [0.717, 1.165) is 18.2 Å². The van der Waals surface area contributed by atoms with Crippen LogP contribution in [0.3, 0.4) is 0 Å². The Morgan fingerprint density at radius 2 is 1.84 bits per heavy atom. The molecule has 2 N–H and O–H groups in total.